The van der Waals surface area contributed by atoms with E-state index in [-0.39, 0.29) is 0 Å². The Bertz CT molecular complexity index is 439. The number of nitrogens with two attached hydrogens (primary N) is 2. The molecule has 1 aliphatic rings. The van der Waals surface area contributed by atoms with Crippen LogP contribution in [0.5, 0.6) is 0 Å². The van der Waals surface area contributed by atoms with Crippen LogP contribution in [0.2, 0.25) is 0 Å². The smallest absolute Gasteiger partial charge is 0.184 e. The van der Waals surface area contributed by atoms with Gasteiger partial charge in [0.2, 0.25) is 0 Å². The summed E-state index contributed by atoms with van der Waals surface area (Å²) < 4.78 is 5.31. The molecule has 0 saturated heterocycles. The number of allylic oxidation sites excluding steroid dienone is 1. The molecule has 6 heteroatoms. The lowest BCUT2D eigenvalue weighted by Gasteiger charge is -2.34. The fourth-order valence-corrected chi connectivity index (χ4v) is 1.83. The zero-order valence-electron chi connectivity index (χ0n) is 10.5. The van der Waals surface area contributed by atoms with Crippen LogP contribution in [-0.2, 0) is 6.54 Å². The van der Waals surface area contributed by atoms with E-state index in [2.05, 4.69) is 10.3 Å². The van der Waals surface area contributed by atoms with Crippen molar-refractivity contribution in [1.82, 2.24) is 10.2 Å². The second kappa shape index (κ2) is 5.24. The third-order valence-electron chi connectivity index (χ3n) is 2.79. The molecule has 6 nitrogen and oxygen atoms in total. The maximum atomic E-state index is 6.09. The van der Waals surface area contributed by atoms with Crippen LogP contribution in [0, 0.1) is 0 Å². The summed E-state index contributed by atoms with van der Waals surface area (Å²) in [5, 5.41) is 3.19. The van der Waals surface area contributed by atoms with Gasteiger partial charge in [0, 0.05) is 19.7 Å². The summed E-state index contributed by atoms with van der Waals surface area (Å²) in [5.74, 6) is 0.984. The standard InChI is InChI=1S/C12H19N5O/c1-17(9-10-3-2-8-18-10)11-4-7-15-12(14,16-11)5-6-13/h2-4,7-8,16H,5-6,9,13-14H2,1H3. The number of hydrogen-bond acceptors (Lipinski definition) is 6. The van der Waals surface area contributed by atoms with E-state index in [1.807, 2.05) is 30.2 Å². The summed E-state index contributed by atoms with van der Waals surface area (Å²) in [6, 6.07) is 3.80. The molecule has 1 atom stereocenters. The van der Waals surface area contributed by atoms with Crippen molar-refractivity contribution in [3.05, 3.63) is 36.1 Å². The van der Waals surface area contributed by atoms with Crippen LogP contribution in [-0.4, -0.2) is 30.5 Å². The zero-order valence-corrected chi connectivity index (χ0v) is 10.5. The van der Waals surface area contributed by atoms with E-state index in [4.69, 9.17) is 15.9 Å². The molecule has 0 fully saturated rings. The first-order chi connectivity index (χ1) is 8.63. The van der Waals surface area contributed by atoms with Crippen LogP contribution in [0.25, 0.3) is 0 Å². The van der Waals surface area contributed by atoms with Crippen LogP contribution < -0.4 is 16.8 Å². The normalized spacial score (nSPS) is 22.5. The average Bonchev–Trinajstić information content (AvgIpc) is 2.81. The van der Waals surface area contributed by atoms with Gasteiger partial charge < -0.3 is 20.4 Å². The lowest BCUT2D eigenvalue weighted by atomic mass is 10.2. The fraction of sp³-hybridized carbons (Fsp3) is 0.417. The van der Waals surface area contributed by atoms with Gasteiger partial charge in [-0.05, 0) is 24.8 Å². The third kappa shape index (κ3) is 2.91. The highest BCUT2D eigenvalue weighted by atomic mass is 16.3. The van der Waals surface area contributed by atoms with Crippen molar-refractivity contribution in [3.8, 4) is 0 Å². The van der Waals surface area contributed by atoms with Crippen LogP contribution in [0.3, 0.4) is 0 Å². The Hall–Kier alpha value is -1.79. The molecule has 5 N–H and O–H groups in total. The Balaban J connectivity index is 2.01. The zero-order chi connectivity index (χ0) is 13.0. The number of nitrogens with one attached hydrogen (secondary N) is 1. The topological polar surface area (TPSA) is 92.8 Å². The molecule has 18 heavy (non-hydrogen) atoms. The van der Waals surface area contributed by atoms with Crippen molar-refractivity contribution in [3.63, 3.8) is 0 Å². The van der Waals surface area contributed by atoms with Gasteiger partial charge in [0.05, 0.1) is 12.8 Å². The summed E-state index contributed by atoms with van der Waals surface area (Å²) in [4.78, 5) is 6.23. The molecular formula is C12H19N5O. The molecule has 0 aromatic carbocycles. The SMILES string of the molecule is CN(Cc1ccco1)C1=CC=NC(N)(CCN)N1. The number of rotatable bonds is 5. The summed E-state index contributed by atoms with van der Waals surface area (Å²) in [7, 11) is 1.96. The van der Waals surface area contributed by atoms with Gasteiger partial charge in [-0.15, -0.1) is 0 Å². The number of aliphatic imine (C=N–C) groups is 1. The molecule has 1 aromatic rings. The molecule has 0 radical (unpaired) electrons. The molecule has 2 heterocycles. The minimum atomic E-state index is -0.809. The molecule has 2 rings (SSSR count). The maximum Gasteiger partial charge on any atom is 0.184 e. The van der Waals surface area contributed by atoms with Gasteiger partial charge in [-0.2, -0.15) is 0 Å². The molecular weight excluding hydrogens is 230 g/mol. The monoisotopic (exact) mass is 249 g/mol. The molecule has 0 aliphatic carbocycles. The Morgan fingerprint density at radius 2 is 2.39 bits per heavy atom. The van der Waals surface area contributed by atoms with Gasteiger partial charge in [0.15, 0.2) is 5.79 Å². The van der Waals surface area contributed by atoms with Crippen molar-refractivity contribution in [1.29, 1.82) is 0 Å². The van der Waals surface area contributed by atoms with Gasteiger partial charge in [-0.1, -0.05) is 0 Å². The Morgan fingerprint density at radius 1 is 1.56 bits per heavy atom. The first-order valence-corrected chi connectivity index (χ1v) is 5.89. The lowest BCUT2D eigenvalue weighted by Crippen LogP contribution is -2.56. The predicted octanol–water partition coefficient (Wildman–Crippen LogP) is 0.188. The Kier molecular flexibility index (Phi) is 3.69. The van der Waals surface area contributed by atoms with Crippen molar-refractivity contribution in [2.45, 2.75) is 18.8 Å². The number of furan rings is 1. The molecule has 1 unspecified atom stereocenters. The Labute approximate surface area is 106 Å². The van der Waals surface area contributed by atoms with Crippen LogP contribution in [0.15, 0.2) is 39.7 Å². The first-order valence-electron chi connectivity index (χ1n) is 5.89. The van der Waals surface area contributed by atoms with Gasteiger partial charge in [-0.25, -0.2) is 0 Å². The van der Waals surface area contributed by atoms with E-state index >= 15 is 0 Å². The van der Waals surface area contributed by atoms with E-state index in [1.165, 1.54) is 0 Å². The second-order valence-electron chi connectivity index (χ2n) is 4.35. The minimum absolute atomic E-state index is 0.482. The summed E-state index contributed by atoms with van der Waals surface area (Å²) in [5.41, 5.74) is 11.6. The largest absolute Gasteiger partial charge is 0.467 e. The van der Waals surface area contributed by atoms with Crippen LogP contribution in [0.1, 0.15) is 12.2 Å². The number of hydrogen-bond donors (Lipinski definition) is 3. The quantitative estimate of drug-likeness (QED) is 0.692. The van der Waals surface area contributed by atoms with E-state index < -0.39 is 5.79 Å². The Morgan fingerprint density at radius 3 is 3.06 bits per heavy atom. The lowest BCUT2D eigenvalue weighted by molar-refractivity contribution is 0.272. The van der Waals surface area contributed by atoms with E-state index in [9.17, 15) is 0 Å². The van der Waals surface area contributed by atoms with Gasteiger partial charge in [0.25, 0.3) is 0 Å². The highest BCUT2D eigenvalue weighted by molar-refractivity contribution is 5.73. The summed E-state index contributed by atoms with van der Waals surface area (Å²) in [6.45, 7) is 1.15. The van der Waals surface area contributed by atoms with Crippen molar-refractivity contribution in [2.75, 3.05) is 13.6 Å². The van der Waals surface area contributed by atoms with Gasteiger partial charge in [-0.3, -0.25) is 10.7 Å². The molecule has 1 aliphatic heterocycles. The van der Waals surface area contributed by atoms with E-state index in [1.54, 1.807) is 12.5 Å². The van der Waals surface area contributed by atoms with Crippen molar-refractivity contribution >= 4 is 6.21 Å². The van der Waals surface area contributed by atoms with E-state index in [0.717, 1.165) is 11.6 Å². The number of nitrogens with zero attached hydrogens (tertiary/aromatic N) is 2. The van der Waals surface area contributed by atoms with Crippen LogP contribution in [0.4, 0.5) is 0 Å². The summed E-state index contributed by atoms with van der Waals surface area (Å²) in [6.07, 6.45) is 5.83. The minimum Gasteiger partial charge on any atom is -0.467 e. The third-order valence-corrected chi connectivity index (χ3v) is 2.79. The first kappa shape index (κ1) is 12.7. The molecule has 0 saturated carbocycles. The van der Waals surface area contributed by atoms with Gasteiger partial charge >= 0.3 is 0 Å². The molecule has 0 bridgehead atoms. The average molecular weight is 249 g/mol. The van der Waals surface area contributed by atoms with Crippen molar-refractivity contribution in [2.24, 2.45) is 16.5 Å². The van der Waals surface area contributed by atoms with E-state index in [0.29, 0.717) is 19.5 Å². The second-order valence-corrected chi connectivity index (χ2v) is 4.35. The van der Waals surface area contributed by atoms with Crippen molar-refractivity contribution < 1.29 is 4.42 Å². The highest BCUT2D eigenvalue weighted by Gasteiger charge is 2.26. The fourth-order valence-electron chi connectivity index (χ4n) is 1.83. The van der Waals surface area contributed by atoms with Crippen LogP contribution >= 0.6 is 0 Å². The molecule has 0 amide bonds. The summed E-state index contributed by atoms with van der Waals surface area (Å²) >= 11 is 0. The molecule has 1 aromatic heterocycles. The maximum absolute atomic E-state index is 6.09. The highest BCUT2D eigenvalue weighted by Crippen LogP contribution is 2.14. The predicted molar refractivity (Wildman–Crippen MR) is 70.5 cm³/mol. The molecule has 98 valence electrons. The molecule has 0 spiro atoms. The van der Waals surface area contributed by atoms with Gasteiger partial charge in [0.1, 0.15) is 11.6 Å².